The second kappa shape index (κ2) is 7.55. The van der Waals surface area contributed by atoms with Crippen molar-refractivity contribution in [2.45, 2.75) is 6.92 Å². The third-order valence-electron chi connectivity index (χ3n) is 2.97. The summed E-state index contributed by atoms with van der Waals surface area (Å²) in [5, 5.41) is 11.9. The third-order valence-corrected chi connectivity index (χ3v) is 3.38. The van der Waals surface area contributed by atoms with Crippen molar-refractivity contribution in [2.75, 3.05) is 39.8 Å². The molecule has 7 nitrogen and oxygen atoms in total. The SMILES string of the molecule is CCOC(=O)N1CCN(/C(N)=C(\C#N)C(=S)NC)CC1. The van der Waals surface area contributed by atoms with E-state index in [4.69, 9.17) is 28.0 Å². The molecule has 0 atom stereocenters. The van der Waals surface area contributed by atoms with Gasteiger partial charge in [0.05, 0.1) is 6.61 Å². The average molecular weight is 297 g/mol. The number of nitriles is 1. The first-order valence-electron chi connectivity index (χ1n) is 6.33. The monoisotopic (exact) mass is 297 g/mol. The molecule has 0 radical (unpaired) electrons. The Hall–Kier alpha value is -2.01. The van der Waals surface area contributed by atoms with Crippen LogP contribution in [-0.2, 0) is 4.74 Å². The quantitative estimate of drug-likeness (QED) is 0.430. The highest BCUT2D eigenvalue weighted by Crippen LogP contribution is 2.11. The van der Waals surface area contributed by atoms with Crippen molar-refractivity contribution in [2.24, 2.45) is 5.73 Å². The predicted molar refractivity (Wildman–Crippen MR) is 78.7 cm³/mol. The molecule has 110 valence electrons. The van der Waals surface area contributed by atoms with Gasteiger partial charge in [0.25, 0.3) is 0 Å². The summed E-state index contributed by atoms with van der Waals surface area (Å²) in [6, 6.07) is 2.01. The summed E-state index contributed by atoms with van der Waals surface area (Å²) in [6.45, 7) is 4.22. The smallest absolute Gasteiger partial charge is 0.409 e. The molecule has 1 rings (SSSR count). The minimum Gasteiger partial charge on any atom is -0.450 e. The molecule has 0 aromatic rings. The Balaban J connectivity index is 2.69. The maximum atomic E-state index is 11.6. The Morgan fingerprint density at radius 2 is 1.95 bits per heavy atom. The lowest BCUT2D eigenvalue weighted by atomic mass is 10.2. The molecule has 1 aliphatic rings. The lowest BCUT2D eigenvalue weighted by Gasteiger charge is -2.35. The highest BCUT2D eigenvalue weighted by molar-refractivity contribution is 7.80. The lowest BCUT2D eigenvalue weighted by molar-refractivity contribution is 0.0865. The number of nitrogens with two attached hydrogens (primary N) is 1. The van der Waals surface area contributed by atoms with Crippen LogP contribution in [0.25, 0.3) is 0 Å². The van der Waals surface area contributed by atoms with Gasteiger partial charge in [-0.1, -0.05) is 12.2 Å². The number of piperazine rings is 1. The van der Waals surface area contributed by atoms with Gasteiger partial charge in [0.2, 0.25) is 0 Å². The highest BCUT2D eigenvalue weighted by atomic mass is 32.1. The molecule has 1 fully saturated rings. The van der Waals surface area contributed by atoms with Gasteiger partial charge in [-0.3, -0.25) is 0 Å². The van der Waals surface area contributed by atoms with E-state index >= 15 is 0 Å². The van der Waals surface area contributed by atoms with Gasteiger partial charge in [0.15, 0.2) is 0 Å². The van der Waals surface area contributed by atoms with Gasteiger partial charge in [-0.05, 0) is 6.92 Å². The number of carbonyl (C=O) groups excluding carboxylic acids is 1. The molecule has 1 saturated heterocycles. The van der Waals surface area contributed by atoms with E-state index in [0.29, 0.717) is 43.6 Å². The molecular weight excluding hydrogens is 278 g/mol. The van der Waals surface area contributed by atoms with Crippen molar-refractivity contribution in [3.8, 4) is 6.07 Å². The van der Waals surface area contributed by atoms with Gasteiger partial charge in [-0.15, -0.1) is 0 Å². The van der Waals surface area contributed by atoms with E-state index in [9.17, 15) is 4.79 Å². The Kier molecular flexibility index (Phi) is 6.06. The predicted octanol–water partition coefficient (Wildman–Crippen LogP) is 0.00118. The largest absolute Gasteiger partial charge is 0.450 e. The summed E-state index contributed by atoms with van der Waals surface area (Å²) in [7, 11) is 1.64. The van der Waals surface area contributed by atoms with Crippen molar-refractivity contribution in [3.63, 3.8) is 0 Å². The number of thiocarbonyl (C=S) groups is 1. The number of hydrogen-bond donors (Lipinski definition) is 2. The summed E-state index contributed by atoms with van der Waals surface area (Å²) >= 11 is 5.04. The first-order chi connectivity index (χ1) is 9.54. The molecule has 3 N–H and O–H groups in total. The van der Waals surface area contributed by atoms with Crippen molar-refractivity contribution in [1.29, 1.82) is 5.26 Å². The minimum absolute atomic E-state index is 0.257. The molecular formula is C12H19N5O2S. The number of hydrogen-bond acceptors (Lipinski definition) is 6. The average Bonchev–Trinajstić information content (AvgIpc) is 2.48. The van der Waals surface area contributed by atoms with E-state index < -0.39 is 0 Å². The maximum absolute atomic E-state index is 11.6. The van der Waals surface area contributed by atoms with E-state index in [1.54, 1.807) is 18.9 Å². The van der Waals surface area contributed by atoms with Gasteiger partial charge in [-0.2, -0.15) is 5.26 Å². The third kappa shape index (κ3) is 3.74. The van der Waals surface area contributed by atoms with Crippen molar-refractivity contribution in [1.82, 2.24) is 15.1 Å². The summed E-state index contributed by atoms with van der Waals surface area (Å²) in [5.74, 6) is 0.343. The van der Waals surface area contributed by atoms with Crippen LogP contribution >= 0.6 is 12.2 Å². The molecule has 1 amide bonds. The van der Waals surface area contributed by atoms with Crippen molar-refractivity contribution in [3.05, 3.63) is 11.4 Å². The molecule has 0 saturated carbocycles. The number of likely N-dealkylation sites (N-methyl/N-ethyl adjacent to an activating group) is 1. The number of rotatable bonds is 3. The van der Waals surface area contributed by atoms with Gasteiger partial charge in [0.1, 0.15) is 22.5 Å². The fourth-order valence-electron chi connectivity index (χ4n) is 1.85. The molecule has 0 aliphatic carbocycles. The van der Waals surface area contributed by atoms with E-state index in [1.165, 1.54) is 0 Å². The zero-order chi connectivity index (χ0) is 15.1. The Morgan fingerprint density at radius 1 is 1.40 bits per heavy atom. The summed E-state index contributed by atoms with van der Waals surface area (Å²) in [4.78, 5) is 15.4. The van der Waals surface area contributed by atoms with Crippen LogP contribution in [0.3, 0.4) is 0 Å². The van der Waals surface area contributed by atoms with E-state index in [-0.39, 0.29) is 11.7 Å². The number of nitrogens with zero attached hydrogens (tertiary/aromatic N) is 3. The highest BCUT2D eigenvalue weighted by Gasteiger charge is 2.24. The number of ether oxygens (including phenoxy) is 1. The van der Waals surface area contributed by atoms with Crippen LogP contribution in [0.1, 0.15) is 6.92 Å². The lowest BCUT2D eigenvalue weighted by Crippen LogP contribution is -2.50. The molecule has 0 spiro atoms. The van der Waals surface area contributed by atoms with Crippen LogP contribution in [-0.4, -0.2) is 60.7 Å². The molecule has 1 heterocycles. The first kappa shape index (κ1) is 16.0. The molecule has 0 bridgehead atoms. The van der Waals surface area contributed by atoms with Gasteiger partial charge in [-0.25, -0.2) is 4.79 Å². The second-order valence-electron chi connectivity index (χ2n) is 4.12. The topological polar surface area (TPSA) is 94.6 Å². The molecule has 20 heavy (non-hydrogen) atoms. The maximum Gasteiger partial charge on any atom is 0.409 e. The van der Waals surface area contributed by atoms with Crippen LogP contribution in [0.15, 0.2) is 11.4 Å². The van der Waals surface area contributed by atoms with E-state index in [2.05, 4.69) is 5.32 Å². The normalized spacial score (nSPS) is 16.1. The summed E-state index contributed by atoms with van der Waals surface area (Å²) in [6.07, 6.45) is -0.319. The molecule has 8 heteroatoms. The van der Waals surface area contributed by atoms with Gasteiger partial charge < -0.3 is 25.6 Å². The first-order valence-corrected chi connectivity index (χ1v) is 6.74. The van der Waals surface area contributed by atoms with E-state index in [1.807, 2.05) is 11.0 Å². The van der Waals surface area contributed by atoms with Crippen molar-refractivity contribution < 1.29 is 9.53 Å². The Bertz CT molecular complexity index is 449. The van der Waals surface area contributed by atoms with Crippen LogP contribution in [0.2, 0.25) is 0 Å². The molecule has 0 aromatic carbocycles. The Labute approximate surface area is 123 Å². The zero-order valence-electron chi connectivity index (χ0n) is 11.7. The second-order valence-corrected chi connectivity index (χ2v) is 4.53. The minimum atomic E-state index is -0.319. The molecule has 0 unspecified atom stereocenters. The van der Waals surface area contributed by atoms with Crippen LogP contribution in [0, 0.1) is 11.3 Å². The fourth-order valence-corrected chi connectivity index (χ4v) is 2.00. The molecule has 1 aliphatic heterocycles. The summed E-state index contributed by atoms with van der Waals surface area (Å²) in [5.41, 5.74) is 6.24. The zero-order valence-corrected chi connectivity index (χ0v) is 12.5. The van der Waals surface area contributed by atoms with E-state index in [0.717, 1.165) is 0 Å². The fraction of sp³-hybridized carbons (Fsp3) is 0.583. The van der Waals surface area contributed by atoms with Crippen LogP contribution < -0.4 is 11.1 Å². The van der Waals surface area contributed by atoms with Gasteiger partial charge in [0, 0.05) is 33.2 Å². The number of amides is 1. The number of carbonyl (C=O) groups is 1. The number of nitrogens with one attached hydrogen (secondary N) is 1. The van der Waals surface area contributed by atoms with Crippen molar-refractivity contribution >= 4 is 23.3 Å². The summed E-state index contributed by atoms with van der Waals surface area (Å²) < 4.78 is 4.94. The van der Waals surface area contributed by atoms with Crippen LogP contribution in [0.5, 0.6) is 0 Å². The van der Waals surface area contributed by atoms with Gasteiger partial charge >= 0.3 is 6.09 Å². The standard InChI is InChI=1S/C12H19N5O2S/c1-3-19-12(18)17-6-4-16(5-7-17)10(14)9(8-13)11(20)15-2/h3-7,14H2,1-2H3,(H,15,20)/b10-9+. The molecule has 0 aromatic heterocycles. The van der Waals surface area contributed by atoms with Crippen LogP contribution in [0.4, 0.5) is 4.79 Å². The Morgan fingerprint density at radius 3 is 2.40 bits per heavy atom.